The highest BCUT2D eigenvalue weighted by Gasteiger charge is 2.14. The average molecular weight is 318 g/mol. The molecule has 0 saturated carbocycles. The number of aromatic amines is 1. The minimum atomic E-state index is -0.120. The largest absolute Gasteiger partial charge is 0.366 e. The Morgan fingerprint density at radius 1 is 1.37 bits per heavy atom. The number of aromatic nitrogens is 2. The molecule has 1 amide bonds. The summed E-state index contributed by atoms with van der Waals surface area (Å²) in [5.74, 6) is -0.120. The maximum absolute atomic E-state index is 12.3. The number of hydrogen-bond acceptors (Lipinski definition) is 1. The molecule has 0 atom stereocenters. The van der Waals surface area contributed by atoms with Crippen molar-refractivity contribution >= 4 is 38.4 Å². The van der Waals surface area contributed by atoms with E-state index in [-0.39, 0.29) is 5.91 Å². The van der Waals surface area contributed by atoms with E-state index in [0.29, 0.717) is 5.69 Å². The van der Waals surface area contributed by atoms with Gasteiger partial charge in [0.25, 0.3) is 5.91 Å². The van der Waals surface area contributed by atoms with E-state index in [4.69, 9.17) is 0 Å². The van der Waals surface area contributed by atoms with Crippen LogP contribution in [0.3, 0.4) is 0 Å². The van der Waals surface area contributed by atoms with Gasteiger partial charge in [0, 0.05) is 34.8 Å². The summed E-state index contributed by atoms with van der Waals surface area (Å²) in [4.78, 5) is 15.2. The quantitative estimate of drug-likeness (QED) is 0.746. The lowest BCUT2D eigenvalue weighted by molar-refractivity contribution is 0.102. The SMILES string of the molecule is Cn1c(C(=O)Nc2cc[nH]c2)cc2c(Br)cccc21. The number of anilines is 1. The minimum absolute atomic E-state index is 0.120. The highest BCUT2D eigenvalue weighted by Crippen LogP contribution is 2.26. The Balaban J connectivity index is 2.03. The second-order valence-corrected chi connectivity index (χ2v) is 5.17. The fraction of sp³-hybridized carbons (Fsp3) is 0.0714. The number of benzene rings is 1. The normalized spacial score (nSPS) is 10.8. The molecule has 0 spiro atoms. The molecule has 2 N–H and O–H groups in total. The maximum Gasteiger partial charge on any atom is 0.272 e. The van der Waals surface area contributed by atoms with E-state index in [0.717, 1.165) is 21.1 Å². The van der Waals surface area contributed by atoms with Crippen LogP contribution >= 0.6 is 15.9 Å². The zero-order valence-electron chi connectivity index (χ0n) is 10.3. The third kappa shape index (κ3) is 2.06. The predicted octanol–water partition coefficient (Wildman–Crippen LogP) is 3.52. The Morgan fingerprint density at radius 2 is 2.21 bits per heavy atom. The summed E-state index contributed by atoms with van der Waals surface area (Å²) >= 11 is 3.50. The number of nitrogens with zero attached hydrogens (tertiary/aromatic N) is 1. The highest BCUT2D eigenvalue weighted by molar-refractivity contribution is 9.10. The van der Waals surface area contributed by atoms with Crippen LogP contribution in [0.25, 0.3) is 10.9 Å². The van der Waals surface area contributed by atoms with Crippen molar-refractivity contribution in [2.45, 2.75) is 0 Å². The first-order valence-electron chi connectivity index (χ1n) is 5.85. The number of amides is 1. The molecule has 0 aliphatic heterocycles. The van der Waals surface area contributed by atoms with Crippen molar-refractivity contribution in [1.82, 2.24) is 9.55 Å². The van der Waals surface area contributed by atoms with Gasteiger partial charge in [-0.2, -0.15) is 0 Å². The molecule has 0 radical (unpaired) electrons. The molecule has 0 aliphatic carbocycles. The minimum Gasteiger partial charge on any atom is -0.366 e. The van der Waals surface area contributed by atoms with Gasteiger partial charge in [-0.05, 0) is 24.3 Å². The lowest BCUT2D eigenvalue weighted by Crippen LogP contribution is -2.15. The lowest BCUT2D eigenvalue weighted by Gasteiger charge is -2.04. The number of halogens is 1. The summed E-state index contributed by atoms with van der Waals surface area (Å²) in [6, 6.07) is 9.63. The summed E-state index contributed by atoms with van der Waals surface area (Å²) in [6.07, 6.45) is 3.52. The molecule has 0 unspecified atom stereocenters. The number of hydrogen-bond donors (Lipinski definition) is 2. The van der Waals surface area contributed by atoms with Gasteiger partial charge in [0.2, 0.25) is 0 Å². The molecule has 0 saturated heterocycles. The van der Waals surface area contributed by atoms with Crippen molar-refractivity contribution in [3.63, 3.8) is 0 Å². The van der Waals surface area contributed by atoms with E-state index in [1.165, 1.54) is 0 Å². The first-order chi connectivity index (χ1) is 9.16. The first-order valence-corrected chi connectivity index (χ1v) is 6.64. The van der Waals surface area contributed by atoms with Crippen LogP contribution in [0.1, 0.15) is 10.5 Å². The molecule has 3 aromatic rings. The van der Waals surface area contributed by atoms with E-state index < -0.39 is 0 Å². The van der Waals surface area contributed by atoms with Gasteiger partial charge in [-0.1, -0.05) is 22.0 Å². The lowest BCUT2D eigenvalue weighted by atomic mass is 10.2. The molecule has 19 heavy (non-hydrogen) atoms. The third-order valence-corrected chi connectivity index (χ3v) is 3.81. The third-order valence-electron chi connectivity index (χ3n) is 3.12. The Kier molecular flexibility index (Phi) is 2.91. The Morgan fingerprint density at radius 3 is 2.89 bits per heavy atom. The molecule has 2 heterocycles. The van der Waals surface area contributed by atoms with Gasteiger partial charge in [0.05, 0.1) is 5.69 Å². The molecule has 1 aromatic carbocycles. The number of aryl methyl sites for hydroxylation is 1. The van der Waals surface area contributed by atoms with Crippen molar-refractivity contribution in [3.05, 3.63) is 52.9 Å². The van der Waals surface area contributed by atoms with E-state index in [1.54, 1.807) is 12.4 Å². The van der Waals surface area contributed by atoms with Crippen LogP contribution in [0.5, 0.6) is 0 Å². The van der Waals surface area contributed by atoms with E-state index in [9.17, 15) is 4.79 Å². The Bertz CT molecular complexity index is 743. The van der Waals surface area contributed by atoms with E-state index in [2.05, 4.69) is 26.2 Å². The number of fused-ring (bicyclic) bond motifs is 1. The standard InChI is InChI=1S/C14H12BrN3O/c1-18-12-4-2-3-11(15)10(12)7-13(18)14(19)17-9-5-6-16-8-9/h2-8,16H,1H3,(H,17,19). The van der Waals surface area contributed by atoms with Crippen LogP contribution in [0.15, 0.2) is 47.2 Å². The topological polar surface area (TPSA) is 49.8 Å². The second kappa shape index (κ2) is 4.59. The maximum atomic E-state index is 12.3. The van der Waals surface area contributed by atoms with Crippen molar-refractivity contribution in [2.24, 2.45) is 7.05 Å². The van der Waals surface area contributed by atoms with E-state index in [1.807, 2.05) is 41.9 Å². The predicted molar refractivity (Wildman–Crippen MR) is 79.4 cm³/mol. The summed E-state index contributed by atoms with van der Waals surface area (Å²) in [6.45, 7) is 0. The molecule has 0 fully saturated rings. The van der Waals surface area contributed by atoms with Gasteiger partial charge in [0.1, 0.15) is 5.69 Å². The van der Waals surface area contributed by atoms with Crippen LogP contribution in [-0.4, -0.2) is 15.5 Å². The van der Waals surface area contributed by atoms with Gasteiger partial charge in [0.15, 0.2) is 0 Å². The zero-order chi connectivity index (χ0) is 13.4. The van der Waals surface area contributed by atoms with Crippen molar-refractivity contribution in [1.29, 1.82) is 0 Å². The fourth-order valence-corrected chi connectivity index (χ4v) is 2.61. The molecule has 0 bridgehead atoms. The van der Waals surface area contributed by atoms with Gasteiger partial charge in [-0.25, -0.2) is 0 Å². The molecule has 2 aromatic heterocycles. The van der Waals surface area contributed by atoms with Crippen LogP contribution < -0.4 is 5.32 Å². The summed E-state index contributed by atoms with van der Waals surface area (Å²) in [5.41, 5.74) is 2.41. The average Bonchev–Trinajstić information content (AvgIpc) is 2.99. The summed E-state index contributed by atoms with van der Waals surface area (Å²) < 4.78 is 2.88. The molecular formula is C14H12BrN3O. The highest BCUT2D eigenvalue weighted by atomic mass is 79.9. The summed E-state index contributed by atoms with van der Waals surface area (Å²) in [5, 5.41) is 3.88. The van der Waals surface area contributed by atoms with Crippen molar-refractivity contribution in [3.8, 4) is 0 Å². The molecule has 4 nitrogen and oxygen atoms in total. The van der Waals surface area contributed by atoms with Crippen LogP contribution in [0.4, 0.5) is 5.69 Å². The smallest absolute Gasteiger partial charge is 0.272 e. The van der Waals surface area contributed by atoms with Crippen molar-refractivity contribution in [2.75, 3.05) is 5.32 Å². The molecule has 5 heteroatoms. The molecule has 96 valence electrons. The molecule has 3 rings (SSSR count). The number of carbonyl (C=O) groups is 1. The van der Waals surface area contributed by atoms with Crippen LogP contribution in [-0.2, 0) is 7.05 Å². The zero-order valence-corrected chi connectivity index (χ0v) is 11.9. The Hall–Kier alpha value is -2.01. The van der Waals surface area contributed by atoms with Crippen LogP contribution in [0, 0.1) is 0 Å². The van der Waals surface area contributed by atoms with Gasteiger partial charge in [-0.15, -0.1) is 0 Å². The van der Waals surface area contributed by atoms with Gasteiger partial charge >= 0.3 is 0 Å². The first kappa shape index (κ1) is 12.0. The van der Waals surface area contributed by atoms with Crippen molar-refractivity contribution < 1.29 is 4.79 Å². The van der Waals surface area contributed by atoms with Crippen LogP contribution in [0.2, 0.25) is 0 Å². The molecular weight excluding hydrogens is 306 g/mol. The number of nitrogens with one attached hydrogen (secondary N) is 2. The summed E-state index contributed by atoms with van der Waals surface area (Å²) in [7, 11) is 1.89. The van der Waals surface area contributed by atoms with Gasteiger partial charge in [-0.3, -0.25) is 4.79 Å². The number of carbonyl (C=O) groups excluding carboxylic acids is 1. The second-order valence-electron chi connectivity index (χ2n) is 4.32. The van der Waals surface area contributed by atoms with E-state index >= 15 is 0 Å². The van der Waals surface area contributed by atoms with Gasteiger partial charge < -0.3 is 14.9 Å². The number of H-pyrrole nitrogens is 1. The number of rotatable bonds is 2. The Labute approximate surface area is 118 Å². The molecule has 0 aliphatic rings. The fourth-order valence-electron chi connectivity index (χ4n) is 2.14. The monoisotopic (exact) mass is 317 g/mol.